The number of aliphatic hydroxyl groups excluding tert-OH is 1. The molecule has 1 aromatic rings. The lowest BCUT2D eigenvalue weighted by molar-refractivity contribution is 0.268. The molecule has 0 saturated heterocycles. The van der Waals surface area contributed by atoms with E-state index >= 15 is 0 Å². The van der Waals surface area contributed by atoms with Gasteiger partial charge in [-0.3, -0.25) is 0 Å². The molecule has 0 saturated carbocycles. The van der Waals surface area contributed by atoms with Crippen LogP contribution < -0.4 is 5.73 Å². The van der Waals surface area contributed by atoms with Crippen LogP contribution in [0.1, 0.15) is 11.6 Å². The molecular weight excluding hydrogens is 164 g/mol. The highest BCUT2D eigenvalue weighted by Gasteiger charge is 2.03. The maximum absolute atomic E-state index is 8.69. The van der Waals surface area contributed by atoms with E-state index in [2.05, 4.69) is 4.98 Å². The van der Waals surface area contributed by atoms with Gasteiger partial charge in [-0.15, -0.1) is 0 Å². The van der Waals surface area contributed by atoms with E-state index in [1.165, 1.54) is 0 Å². The van der Waals surface area contributed by atoms with Crippen molar-refractivity contribution in [3.8, 4) is 0 Å². The summed E-state index contributed by atoms with van der Waals surface area (Å²) in [5, 5.41) is 9.09. The third-order valence-electron chi connectivity index (χ3n) is 1.38. The van der Waals surface area contributed by atoms with Crippen molar-refractivity contribution in [3.63, 3.8) is 0 Å². The molecule has 0 aliphatic rings. The number of hydrogen-bond donors (Lipinski definition) is 2. The van der Waals surface area contributed by atoms with Gasteiger partial charge in [0.1, 0.15) is 5.15 Å². The summed E-state index contributed by atoms with van der Waals surface area (Å²) in [6, 6.07) is 3.00. The van der Waals surface area contributed by atoms with Crippen molar-refractivity contribution in [3.05, 3.63) is 29.0 Å². The van der Waals surface area contributed by atoms with Crippen LogP contribution in [0.15, 0.2) is 18.3 Å². The van der Waals surface area contributed by atoms with E-state index in [0.717, 1.165) is 5.56 Å². The Balaban J connectivity index is 2.86. The normalized spacial score (nSPS) is 13.0. The standard InChI is InChI=1S/C7H9ClN2O/c8-7-3-5(1-2-10-7)6(9)4-11/h1-3,6,11H,4,9H2/t6-/m1/s1. The van der Waals surface area contributed by atoms with Gasteiger partial charge in [-0.1, -0.05) is 11.6 Å². The fraction of sp³-hybridized carbons (Fsp3) is 0.286. The van der Waals surface area contributed by atoms with Crippen LogP contribution in [-0.2, 0) is 0 Å². The zero-order valence-corrected chi connectivity index (χ0v) is 6.62. The summed E-state index contributed by atoms with van der Waals surface area (Å²) < 4.78 is 0. The second kappa shape index (κ2) is 3.67. The van der Waals surface area contributed by atoms with Gasteiger partial charge in [0.25, 0.3) is 0 Å². The van der Waals surface area contributed by atoms with Crippen LogP contribution in [0.3, 0.4) is 0 Å². The Kier molecular flexibility index (Phi) is 2.82. The number of nitrogens with zero attached hydrogens (tertiary/aromatic N) is 1. The van der Waals surface area contributed by atoms with Crippen LogP contribution >= 0.6 is 11.6 Å². The Morgan fingerprint density at radius 3 is 3.00 bits per heavy atom. The summed E-state index contributed by atoms with van der Waals surface area (Å²) in [4.78, 5) is 3.78. The fourth-order valence-electron chi connectivity index (χ4n) is 0.753. The van der Waals surface area contributed by atoms with Crippen molar-refractivity contribution >= 4 is 11.6 Å². The molecular formula is C7H9ClN2O. The van der Waals surface area contributed by atoms with Gasteiger partial charge in [0.2, 0.25) is 0 Å². The summed E-state index contributed by atoms with van der Waals surface area (Å²) in [7, 11) is 0. The molecule has 0 aliphatic carbocycles. The molecule has 60 valence electrons. The lowest BCUT2D eigenvalue weighted by Gasteiger charge is -2.06. The van der Waals surface area contributed by atoms with Crippen LogP contribution in [0, 0.1) is 0 Å². The van der Waals surface area contributed by atoms with Crippen molar-refractivity contribution in [2.75, 3.05) is 6.61 Å². The molecule has 3 nitrogen and oxygen atoms in total. The largest absolute Gasteiger partial charge is 0.394 e. The minimum Gasteiger partial charge on any atom is -0.394 e. The maximum atomic E-state index is 8.69. The van der Waals surface area contributed by atoms with Gasteiger partial charge >= 0.3 is 0 Å². The molecule has 0 unspecified atom stereocenters. The Morgan fingerprint density at radius 1 is 1.73 bits per heavy atom. The number of hydrogen-bond acceptors (Lipinski definition) is 3. The summed E-state index contributed by atoms with van der Waals surface area (Å²) in [5.74, 6) is 0. The zero-order chi connectivity index (χ0) is 8.27. The molecule has 1 atom stereocenters. The first-order valence-corrected chi connectivity index (χ1v) is 3.59. The molecule has 0 radical (unpaired) electrons. The van der Waals surface area contributed by atoms with Crippen LogP contribution in [0.5, 0.6) is 0 Å². The van der Waals surface area contributed by atoms with E-state index in [-0.39, 0.29) is 12.6 Å². The first-order chi connectivity index (χ1) is 5.24. The van der Waals surface area contributed by atoms with E-state index in [1.807, 2.05) is 0 Å². The number of rotatable bonds is 2. The molecule has 0 fully saturated rings. The Morgan fingerprint density at radius 2 is 2.45 bits per heavy atom. The quantitative estimate of drug-likeness (QED) is 0.647. The molecule has 0 aromatic carbocycles. The average molecular weight is 173 g/mol. The molecule has 1 heterocycles. The van der Waals surface area contributed by atoms with Gasteiger partial charge in [-0.05, 0) is 17.7 Å². The van der Waals surface area contributed by atoms with E-state index in [9.17, 15) is 0 Å². The predicted octanol–water partition coefficient (Wildman–Crippen LogP) is 0.727. The summed E-state index contributed by atoms with van der Waals surface area (Å²) in [5.41, 5.74) is 6.33. The first-order valence-electron chi connectivity index (χ1n) is 3.22. The van der Waals surface area contributed by atoms with Crippen LogP contribution in [0.25, 0.3) is 0 Å². The van der Waals surface area contributed by atoms with Crippen LogP contribution in [-0.4, -0.2) is 16.7 Å². The van der Waals surface area contributed by atoms with E-state index in [1.54, 1.807) is 18.3 Å². The van der Waals surface area contributed by atoms with Gasteiger partial charge in [0.15, 0.2) is 0 Å². The second-order valence-corrected chi connectivity index (χ2v) is 2.59. The van der Waals surface area contributed by atoms with E-state index < -0.39 is 0 Å². The Labute approximate surface area is 69.8 Å². The SMILES string of the molecule is N[C@H](CO)c1ccnc(Cl)c1. The van der Waals surface area contributed by atoms with Gasteiger partial charge in [0, 0.05) is 6.20 Å². The third-order valence-corrected chi connectivity index (χ3v) is 1.58. The third kappa shape index (κ3) is 2.15. The molecule has 1 aromatic heterocycles. The Hall–Kier alpha value is -0.640. The molecule has 1 rings (SSSR count). The topological polar surface area (TPSA) is 59.1 Å². The van der Waals surface area contributed by atoms with Crippen molar-refractivity contribution in [2.24, 2.45) is 5.73 Å². The molecule has 0 bridgehead atoms. The smallest absolute Gasteiger partial charge is 0.129 e. The highest BCUT2D eigenvalue weighted by atomic mass is 35.5. The highest BCUT2D eigenvalue weighted by Crippen LogP contribution is 2.12. The van der Waals surface area contributed by atoms with Crippen molar-refractivity contribution in [1.29, 1.82) is 0 Å². The number of pyridine rings is 1. The number of nitrogens with two attached hydrogens (primary N) is 1. The second-order valence-electron chi connectivity index (χ2n) is 2.20. The molecule has 0 amide bonds. The highest BCUT2D eigenvalue weighted by molar-refractivity contribution is 6.29. The number of aliphatic hydroxyl groups is 1. The lowest BCUT2D eigenvalue weighted by atomic mass is 10.1. The Bertz CT molecular complexity index is 242. The molecule has 4 heteroatoms. The van der Waals surface area contributed by atoms with Gasteiger partial charge in [-0.2, -0.15) is 0 Å². The van der Waals surface area contributed by atoms with Crippen molar-refractivity contribution in [1.82, 2.24) is 4.98 Å². The van der Waals surface area contributed by atoms with Gasteiger partial charge in [-0.25, -0.2) is 4.98 Å². The van der Waals surface area contributed by atoms with Gasteiger partial charge < -0.3 is 10.8 Å². The molecule has 3 N–H and O–H groups in total. The summed E-state index contributed by atoms with van der Waals surface area (Å²) in [6.07, 6.45) is 1.56. The summed E-state index contributed by atoms with van der Waals surface area (Å²) >= 11 is 5.60. The van der Waals surface area contributed by atoms with Crippen LogP contribution in [0.2, 0.25) is 5.15 Å². The maximum Gasteiger partial charge on any atom is 0.129 e. The average Bonchev–Trinajstić information content (AvgIpc) is 2.03. The first kappa shape index (κ1) is 8.46. The minimum absolute atomic E-state index is 0.0830. The van der Waals surface area contributed by atoms with Gasteiger partial charge in [0.05, 0.1) is 12.6 Å². The minimum atomic E-state index is -0.365. The fourth-order valence-corrected chi connectivity index (χ4v) is 0.936. The predicted molar refractivity (Wildman–Crippen MR) is 43.3 cm³/mol. The molecule has 0 aliphatic heterocycles. The molecule has 11 heavy (non-hydrogen) atoms. The van der Waals surface area contributed by atoms with Crippen LogP contribution in [0.4, 0.5) is 0 Å². The lowest BCUT2D eigenvalue weighted by Crippen LogP contribution is -2.14. The van der Waals surface area contributed by atoms with E-state index in [4.69, 9.17) is 22.4 Å². The monoisotopic (exact) mass is 172 g/mol. The number of aromatic nitrogens is 1. The number of halogens is 1. The summed E-state index contributed by atoms with van der Waals surface area (Å²) in [6.45, 7) is -0.0830. The zero-order valence-electron chi connectivity index (χ0n) is 5.87. The van der Waals surface area contributed by atoms with Crippen molar-refractivity contribution < 1.29 is 5.11 Å². The molecule has 0 spiro atoms. The van der Waals surface area contributed by atoms with Crippen molar-refractivity contribution in [2.45, 2.75) is 6.04 Å². The van der Waals surface area contributed by atoms with E-state index in [0.29, 0.717) is 5.15 Å².